The highest BCUT2D eigenvalue weighted by atomic mass is 19.2. The molecule has 2 aromatic rings. The first-order valence-electron chi connectivity index (χ1n) is 7.71. The van der Waals surface area contributed by atoms with Crippen LogP contribution in [0.25, 0.3) is 0 Å². The lowest BCUT2D eigenvalue weighted by Gasteiger charge is -2.32. The summed E-state index contributed by atoms with van der Waals surface area (Å²) in [5, 5.41) is 2.15. The maximum Gasteiger partial charge on any atom is 0.258 e. The van der Waals surface area contributed by atoms with Crippen molar-refractivity contribution in [1.29, 1.82) is 0 Å². The summed E-state index contributed by atoms with van der Waals surface area (Å²) < 4.78 is 39.7. The van der Waals surface area contributed by atoms with E-state index >= 15 is 0 Å². The molecule has 1 N–H and O–H groups in total. The first-order chi connectivity index (χ1) is 12.5. The highest BCUT2D eigenvalue weighted by molar-refractivity contribution is 6.03. The van der Waals surface area contributed by atoms with E-state index < -0.39 is 29.0 Å². The third-order valence-corrected chi connectivity index (χ3v) is 3.93. The van der Waals surface area contributed by atoms with E-state index in [0.717, 1.165) is 12.5 Å². The number of nitrogens with one attached hydrogen (secondary N) is 1. The minimum Gasteiger partial charge on any atom is -0.342 e. The first kappa shape index (κ1) is 17.6. The molecule has 26 heavy (non-hydrogen) atoms. The quantitative estimate of drug-likeness (QED) is 0.655. The number of nitrogens with zero attached hydrogens (tertiary/aromatic N) is 4. The Hall–Kier alpha value is -3.17. The first-order valence-corrected chi connectivity index (χ1v) is 7.71. The van der Waals surface area contributed by atoms with Gasteiger partial charge in [0.1, 0.15) is 0 Å². The standard InChI is InChI=1S/C16H14F3N5O2/c17-11-1-2-12(14(19)13(11)18)22-15(26)10-7-20-16(21-8-10)24-5-3-23(9-25)4-6-24/h1-2,7-9H,3-6H2,(H,22,26). The van der Waals surface area contributed by atoms with Crippen LogP contribution in [0.15, 0.2) is 24.5 Å². The Morgan fingerprint density at radius 2 is 1.69 bits per heavy atom. The maximum absolute atomic E-state index is 13.6. The molecule has 1 saturated heterocycles. The molecule has 1 aromatic heterocycles. The summed E-state index contributed by atoms with van der Waals surface area (Å²) in [6.45, 7) is 2.21. The molecule has 0 aliphatic carbocycles. The van der Waals surface area contributed by atoms with Crippen LogP contribution in [0.5, 0.6) is 0 Å². The molecule has 2 amide bonds. The molecule has 10 heteroatoms. The number of amides is 2. The zero-order valence-corrected chi connectivity index (χ0v) is 13.5. The topological polar surface area (TPSA) is 78.4 Å². The number of halogens is 3. The van der Waals surface area contributed by atoms with Crippen molar-refractivity contribution in [3.63, 3.8) is 0 Å². The fourth-order valence-corrected chi connectivity index (χ4v) is 2.45. The summed E-state index contributed by atoms with van der Waals surface area (Å²) in [6, 6.07) is 1.64. The van der Waals surface area contributed by atoms with Crippen molar-refractivity contribution in [2.75, 3.05) is 36.4 Å². The maximum atomic E-state index is 13.6. The molecule has 1 aliphatic heterocycles. The highest BCUT2D eigenvalue weighted by Gasteiger charge is 2.19. The van der Waals surface area contributed by atoms with Gasteiger partial charge in [-0.15, -0.1) is 0 Å². The van der Waals surface area contributed by atoms with Crippen LogP contribution < -0.4 is 10.2 Å². The molecule has 0 unspecified atom stereocenters. The number of hydrogen-bond donors (Lipinski definition) is 1. The van der Waals surface area contributed by atoms with Crippen molar-refractivity contribution in [1.82, 2.24) is 14.9 Å². The van der Waals surface area contributed by atoms with Crippen molar-refractivity contribution >= 4 is 24.0 Å². The van der Waals surface area contributed by atoms with Crippen LogP contribution in [0.3, 0.4) is 0 Å². The molecule has 0 spiro atoms. The molecule has 1 fully saturated rings. The summed E-state index contributed by atoms with van der Waals surface area (Å²) in [7, 11) is 0. The van der Waals surface area contributed by atoms with Crippen molar-refractivity contribution in [3.8, 4) is 0 Å². The lowest BCUT2D eigenvalue weighted by atomic mass is 10.2. The molecule has 0 radical (unpaired) electrons. The molecular formula is C16H14F3N5O2. The molecule has 0 bridgehead atoms. The molecule has 7 nitrogen and oxygen atoms in total. The number of carbonyl (C=O) groups is 2. The van der Waals surface area contributed by atoms with Crippen molar-refractivity contribution in [3.05, 3.63) is 47.5 Å². The SMILES string of the molecule is O=CN1CCN(c2ncc(C(=O)Nc3ccc(F)c(F)c3F)cn2)CC1. The van der Waals surface area contributed by atoms with E-state index in [4.69, 9.17) is 0 Å². The number of aromatic nitrogens is 2. The second-order valence-corrected chi connectivity index (χ2v) is 5.58. The third kappa shape index (κ3) is 3.58. The van der Waals surface area contributed by atoms with Crippen LogP contribution in [-0.2, 0) is 4.79 Å². The van der Waals surface area contributed by atoms with Crippen LogP contribution >= 0.6 is 0 Å². The molecule has 0 saturated carbocycles. The van der Waals surface area contributed by atoms with Crippen LogP contribution in [0, 0.1) is 17.5 Å². The van der Waals surface area contributed by atoms with E-state index in [0.29, 0.717) is 38.2 Å². The number of benzene rings is 1. The number of rotatable bonds is 4. The Labute approximate surface area is 146 Å². The minimum absolute atomic E-state index is 0.0319. The fourth-order valence-electron chi connectivity index (χ4n) is 2.45. The number of piperazine rings is 1. The Morgan fingerprint density at radius 3 is 2.31 bits per heavy atom. The average molecular weight is 365 g/mol. The van der Waals surface area contributed by atoms with Gasteiger partial charge in [0.15, 0.2) is 17.5 Å². The summed E-state index contributed by atoms with van der Waals surface area (Å²) in [4.78, 5) is 34.5. The molecule has 3 rings (SSSR count). The Bertz CT molecular complexity index is 823. The predicted octanol–water partition coefficient (Wildman–Crippen LogP) is 1.42. The lowest BCUT2D eigenvalue weighted by molar-refractivity contribution is -0.118. The summed E-state index contributed by atoms with van der Waals surface area (Å²) in [5.41, 5.74) is -0.452. The van der Waals surface area contributed by atoms with E-state index in [1.807, 2.05) is 4.90 Å². The summed E-state index contributed by atoms with van der Waals surface area (Å²) >= 11 is 0. The Balaban J connectivity index is 1.68. The molecule has 136 valence electrons. The van der Waals surface area contributed by atoms with Gasteiger partial charge in [0.2, 0.25) is 12.4 Å². The van der Waals surface area contributed by atoms with Gasteiger partial charge in [-0.2, -0.15) is 0 Å². The van der Waals surface area contributed by atoms with Crippen LogP contribution in [0.1, 0.15) is 10.4 Å². The van der Waals surface area contributed by atoms with Gasteiger partial charge in [0.25, 0.3) is 5.91 Å². The number of hydrogen-bond acceptors (Lipinski definition) is 5. The fraction of sp³-hybridized carbons (Fsp3) is 0.250. The lowest BCUT2D eigenvalue weighted by Crippen LogP contribution is -2.46. The van der Waals surface area contributed by atoms with Crippen molar-refractivity contribution in [2.45, 2.75) is 0 Å². The van der Waals surface area contributed by atoms with Crippen LogP contribution in [0.4, 0.5) is 24.8 Å². The Kier molecular flexibility index (Phi) is 5.01. The largest absolute Gasteiger partial charge is 0.342 e. The van der Waals surface area contributed by atoms with E-state index in [1.165, 1.54) is 12.4 Å². The molecular weight excluding hydrogens is 351 g/mol. The zero-order chi connectivity index (χ0) is 18.7. The van der Waals surface area contributed by atoms with E-state index in [9.17, 15) is 22.8 Å². The molecule has 0 atom stereocenters. The zero-order valence-electron chi connectivity index (χ0n) is 13.5. The number of carbonyl (C=O) groups excluding carboxylic acids is 2. The van der Waals surface area contributed by atoms with Gasteiger partial charge in [-0.3, -0.25) is 9.59 Å². The number of anilines is 2. The van der Waals surface area contributed by atoms with Crippen molar-refractivity contribution < 1.29 is 22.8 Å². The van der Waals surface area contributed by atoms with E-state index in [1.54, 1.807) is 4.90 Å². The Morgan fingerprint density at radius 1 is 1.04 bits per heavy atom. The van der Waals surface area contributed by atoms with Gasteiger partial charge in [0.05, 0.1) is 11.3 Å². The van der Waals surface area contributed by atoms with Gasteiger partial charge in [-0.25, -0.2) is 23.1 Å². The molecule has 1 aromatic carbocycles. The second kappa shape index (κ2) is 7.38. The van der Waals surface area contributed by atoms with Crippen LogP contribution in [0.2, 0.25) is 0 Å². The second-order valence-electron chi connectivity index (χ2n) is 5.58. The predicted molar refractivity (Wildman–Crippen MR) is 86.2 cm³/mol. The summed E-state index contributed by atoms with van der Waals surface area (Å²) in [6.07, 6.45) is 3.28. The van der Waals surface area contributed by atoms with Gasteiger partial charge in [0, 0.05) is 38.6 Å². The van der Waals surface area contributed by atoms with Gasteiger partial charge >= 0.3 is 0 Å². The summed E-state index contributed by atoms with van der Waals surface area (Å²) in [5.74, 6) is -4.85. The average Bonchev–Trinajstić information content (AvgIpc) is 2.68. The van der Waals surface area contributed by atoms with Gasteiger partial charge < -0.3 is 15.1 Å². The van der Waals surface area contributed by atoms with Gasteiger partial charge in [-0.1, -0.05) is 0 Å². The minimum atomic E-state index is -1.66. The molecule has 1 aliphatic rings. The van der Waals surface area contributed by atoms with Crippen molar-refractivity contribution in [2.24, 2.45) is 0 Å². The van der Waals surface area contributed by atoms with E-state index in [-0.39, 0.29) is 5.56 Å². The van der Waals surface area contributed by atoms with E-state index in [2.05, 4.69) is 15.3 Å². The molecule has 2 heterocycles. The third-order valence-electron chi connectivity index (χ3n) is 3.93. The monoisotopic (exact) mass is 365 g/mol. The smallest absolute Gasteiger partial charge is 0.258 e. The van der Waals surface area contributed by atoms with Gasteiger partial charge in [-0.05, 0) is 12.1 Å². The normalized spacial score (nSPS) is 14.3. The highest BCUT2D eigenvalue weighted by Crippen LogP contribution is 2.20. The van der Waals surface area contributed by atoms with Crippen LogP contribution in [-0.4, -0.2) is 53.4 Å².